The molecule has 0 saturated carbocycles. The maximum absolute atomic E-state index is 6.16. The molecular weight excluding hydrogens is 342 g/mol. The lowest BCUT2D eigenvalue weighted by Gasteiger charge is -2.12. The van der Waals surface area contributed by atoms with Crippen molar-refractivity contribution in [3.8, 4) is 0 Å². The third-order valence-corrected chi connectivity index (χ3v) is 4.46. The summed E-state index contributed by atoms with van der Waals surface area (Å²) >= 11 is 17.5. The van der Waals surface area contributed by atoms with E-state index in [1.54, 1.807) is 0 Å². The Balaban J connectivity index is 1.94. The first kappa shape index (κ1) is 16.5. The molecule has 0 fully saturated rings. The summed E-state index contributed by atoms with van der Waals surface area (Å²) in [6.45, 7) is 2.59. The summed E-state index contributed by atoms with van der Waals surface area (Å²) in [5.41, 5.74) is 2.96. The van der Waals surface area contributed by atoms with Gasteiger partial charge in [0, 0.05) is 11.6 Å². The first-order valence-electron chi connectivity index (χ1n) is 6.30. The van der Waals surface area contributed by atoms with Gasteiger partial charge in [-0.3, -0.25) is 0 Å². The Kier molecular flexibility index (Phi) is 5.83. The number of hydrogen-bond acceptors (Lipinski definition) is 1. The molecule has 1 atom stereocenters. The second kappa shape index (κ2) is 7.42. The molecule has 0 spiro atoms. The molecule has 0 aliphatic carbocycles. The predicted octanol–water partition coefficient (Wildman–Crippen LogP) is 4.29. The van der Waals surface area contributed by atoms with Crippen molar-refractivity contribution < 1.29 is 0 Å². The fourth-order valence-corrected chi connectivity index (χ4v) is 2.60. The quantitative estimate of drug-likeness (QED) is 0.633. The van der Waals surface area contributed by atoms with E-state index < -0.39 is 0 Å². The number of anilines is 1. The van der Waals surface area contributed by atoms with Gasteiger partial charge >= 0.3 is 0 Å². The highest BCUT2D eigenvalue weighted by molar-refractivity contribution is 7.80. The molecule has 0 radical (unpaired) electrons. The van der Waals surface area contributed by atoms with Gasteiger partial charge in [0.25, 0.3) is 0 Å². The Hall–Kier alpha value is -0.860. The number of benzene rings is 2. The SMILES string of the molecule is Cc1ccc(NC(=S)NCc2ccc(P)c(Cl)c2)c(Cl)c1. The van der Waals surface area contributed by atoms with Gasteiger partial charge in [-0.05, 0) is 53.8 Å². The summed E-state index contributed by atoms with van der Waals surface area (Å²) in [5, 5.41) is 9.09. The molecule has 6 heteroatoms. The van der Waals surface area contributed by atoms with Crippen LogP contribution >= 0.6 is 44.7 Å². The number of thiocarbonyl (C=S) groups is 1. The topological polar surface area (TPSA) is 24.1 Å². The molecule has 2 nitrogen and oxygen atoms in total. The molecule has 0 saturated heterocycles. The summed E-state index contributed by atoms with van der Waals surface area (Å²) in [6.07, 6.45) is 0. The third kappa shape index (κ3) is 4.82. The number of hydrogen-bond donors (Lipinski definition) is 2. The van der Waals surface area contributed by atoms with E-state index in [9.17, 15) is 0 Å². The largest absolute Gasteiger partial charge is 0.358 e. The monoisotopic (exact) mass is 356 g/mol. The lowest BCUT2D eigenvalue weighted by atomic mass is 10.2. The van der Waals surface area contributed by atoms with Crippen LogP contribution in [0.4, 0.5) is 5.69 Å². The molecule has 2 aromatic rings. The van der Waals surface area contributed by atoms with Gasteiger partial charge in [0.15, 0.2) is 5.11 Å². The molecule has 2 rings (SSSR count). The molecule has 2 aromatic carbocycles. The van der Waals surface area contributed by atoms with Crippen molar-refractivity contribution in [2.24, 2.45) is 0 Å². The molecule has 21 heavy (non-hydrogen) atoms. The molecule has 0 bridgehead atoms. The van der Waals surface area contributed by atoms with Gasteiger partial charge in [0.2, 0.25) is 0 Å². The van der Waals surface area contributed by atoms with Crippen molar-refractivity contribution >= 4 is 60.8 Å². The molecule has 2 N–H and O–H groups in total. The van der Waals surface area contributed by atoms with E-state index in [1.807, 2.05) is 43.3 Å². The Morgan fingerprint density at radius 1 is 1.14 bits per heavy atom. The Morgan fingerprint density at radius 2 is 1.90 bits per heavy atom. The number of nitrogens with one attached hydrogen (secondary N) is 2. The van der Waals surface area contributed by atoms with Gasteiger partial charge in [0.1, 0.15) is 0 Å². The molecule has 1 unspecified atom stereocenters. The van der Waals surface area contributed by atoms with E-state index in [0.29, 0.717) is 16.7 Å². The molecule has 110 valence electrons. The van der Waals surface area contributed by atoms with Crippen LogP contribution in [0.2, 0.25) is 10.0 Å². The van der Waals surface area contributed by atoms with Crippen LogP contribution in [-0.2, 0) is 6.54 Å². The van der Waals surface area contributed by atoms with Gasteiger partial charge in [-0.25, -0.2) is 0 Å². The van der Waals surface area contributed by atoms with Crippen LogP contribution in [0.1, 0.15) is 11.1 Å². The lowest BCUT2D eigenvalue weighted by molar-refractivity contribution is 0.926. The van der Waals surface area contributed by atoms with Crippen LogP contribution in [0.25, 0.3) is 0 Å². The molecule has 0 aliphatic heterocycles. The molecular formula is C15H15Cl2N2PS. The zero-order chi connectivity index (χ0) is 15.4. The first-order valence-corrected chi connectivity index (χ1v) is 8.05. The molecule has 0 aliphatic rings. The van der Waals surface area contributed by atoms with Crippen molar-refractivity contribution in [2.45, 2.75) is 13.5 Å². The van der Waals surface area contributed by atoms with E-state index in [0.717, 1.165) is 27.1 Å². The van der Waals surface area contributed by atoms with E-state index in [4.69, 9.17) is 35.4 Å². The van der Waals surface area contributed by atoms with Crippen molar-refractivity contribution in [3.05, 3.63) is 57.6 Å². The van der Waals surface area contributed by atoms with Gasteiger partial charge in [-0.1, -0.05) is 41.4 Å². The maximum Gasteiger partial charge on any atom is 0.171 e. The Morgan fingerprint density at radius 3 is 2.57 bits per heavy atom. The fourth-order valence-electron chi connectivity index (χ4n) is 1.75. The van der Waals surface area contributed by atoms with E-state index >= 15 is 0 Å². The lowest BCUT2D eigenvalue weighted by Crippen LogP contribution is -2.28. The summed E-state index contributed by atoms with van der Waals surface area (Å²) in [4.78, 5) is 0. The summed E-state index contributed by atoms with van der Waals surface area (Å²) in [7, 11) is 2.59. The predicted molar refractivity (Wildman–Crippen MR) is 100 cm³/mol. The van der Waals surface area contributed by atoms with Crippen LogP contribution in [0.15, 0.2) is 36.4 Å². The van der Waals surface area contributed by atoms with Crippen LogP contribution < -0.4 is 15.9 Å². The van der Waals surface area contributed by atoms with Gasteiger partial charge < -0.3 is 10.6 Å². The van der Waals surface area contributed by atoms with Crippen LogP contribution in [0.3, 0.4) is 0 Å². The maximum atomic E-state index is 6.16. The minimum Gasteiger partial charge on any atom is -0.358 e. The van der Waals surface area contributed by atoms with Crippen molar-refractivity contribution in [3.63, 3.8) is 0 Å². The minimum absolute atomic E-state index is 0.520. The van der Waals surface area contributed by atoms with E-state index in [2.05, 4.69) is 19.9 Å². The third-order valence-electron chi connectivity index (χ3n) is 2.89. The summed E-state index contributed by atoms with van der Waals surface area (Å²) < 4.78 is 0. The zero-order valence-corrected chi connectivity index (χ0v) is 14.9. The number of rotatable bonds is 3. The summed E-state index contributed by atoms with van der Waals surface area (Å²) in [6, 6.07) is 11.7. The van der Waals surface area contributed by atoms with Crippen molar-refractivity contribution in [2.75, 3.05) is 5.32 Å². The average Bonchev–Trinajstić information content (AvgIpc) is 2.43. The highest BCUT2D eigenvalue weighted by Crippen LogP contribution is 2.22. The minimum atomic E-state index is 0.520. The van der Waals surface area contributed by atoms with Crippen molar-refractivity contribution in [1.29, 1.82) is 0 Å². The first-order chi connectivity index (χ1) is 9.95. The average molecular weight is 357 g/mol. The Bertz CT molecular complexity index is 677. The van der Waals surface area contributed by atoms with Crippen LogP contribution in [0, 0.1) is 6.92 Å². The fraction of sp³-hybridized carbons (Fsp3) is 0.133. The van der Waals surface area contributed by atoms with Gasteiger partial charge in [-0.15, -0.1) is 9.24 Å². The Labute approximate surface area is 142 Å². The normalized spacial score (nSPS) is 10.3. The summed E-state index contributed by atoms with van der Waals surface area (Å²) in [5.74, 6) is 0. The second-order valence-electron chi connectivity index (χ2n) is 4.65. The second-order valence-corrected chi connectivity index (χ2v) is 6.49. The standard InChI is InChI=1S/C15H15Cl2N2PS/c1-9-2-4-13(11(16)6-9)19-15(21)18-8-10-3-5-14(20)12(17)7-10/h2-7H,8,20H2,1H3,(H2,18,19,21). The number of aryl methyl sites for hydroxylation is 1. The van der Waals surface area contributed by atoms with Gasteiger partial charge in [0.05, 0.1) is 10.7 Å². The van der Waals surface area contributed by atoms with Crippen LogP contribution in [-0.4, -0.2) is 5.11 Å². The molecule has 0 heterocycles. The molecule has 0 aromatic heterocycles. The van der Waals surface area contributed by atoms with Crippen LogP contribution in [0.5, 0.6) is 0 Å². The number of halogens is 2. The highest BCUT2D eigenvalue weighted by Gasteiger charge is 2.04. The van der Waals surface area contributed by atoms with Gasteiger partial charge in [-0.2, -0.15) is 0 Å². The molecule has 0 amide bonds. The van der Waals surface area contributed by atoms with Crippen molar-refractivity contribution in [1.82, 2.24) is 5.32 Å². The van der Waals surface area contributed by atoms with E-state index in [1.165, 1.54) is 0 Å². The van der Waals surface area contributed by atoms with E-state index in [-0.39, 0.29) is 0 Å². The zero-order valence-electron chi connectivity index (χ0n) is 11.4. The smallest absolute Gasteiger partial charge is 0.171 e. The highest BCUT2D eigenvalue weighted by atomic mass is 35.5.